The highest BCUT2D eigenvalue weighted by molar-refractivity contribution is 4.69. The van der Waals surface area contributed by atoms with E-state index in [9.17, 15) is 5.11 Å². The van der Waals surface area contributed by atoms with E-state index in [1.165, 1.54) is 44.9 Å². The lowest BCUT2D eigenvalue weighted by atomic mass is 10.1. The predicted octanol–water partition coefficient (Wildman–Crippen LogP) is 2.47. The first kappa shape index (κ1) is 14.9. The van der Waals surface area contributed by atoms with Crippen molar-refractivity contribution in [3.8, 4) is 0 Å². The van der Waals surface area contributed by atoms with Crippen molar-refractivity contribution in [3.63, 3.8) is 0 Å². The van der Waals surface area contributed by atoms with Gasteiger partial charge in [0.1, 0.15) is 0 Å². The summed E-state index contributed by atoms with van der Waals surface area (Å²) < 4.78 is 5.69. The molecule has 1 aliphatic carbocycles. The van der Waals surface area contributed by atoms with E-state index in [2.05, 4.69) is 19.2 Å². The number of hydrogen-bond donors (Lipinski definition) is 2. The molecule has 0 aromatic carbocycles. The monoisotopic (exact) mass is 243 g/mol. The smallest absolute Gasteiger partial charge is 0.0897 e. The second kappa shape index (κ2) is 8.90. The quantitative estimate of drug-likeness (QED) is 0.653. The van der Waals surface area contributed by atoms with Gasteiger partial charge in [-0.2, -0.15) is 0 Å². The van der Waals surface area contributed by atoms with Gasteiger partial charge in [0.25, 0.3) is 0 Å². The first-order valence-electron chi connectivity index (χ1n) is 7.25. The maximum Gasteiger partial charge on any atom is 0.0897 e. The first-order chi connectivity index (χ1) is 8.22. The van der Waals surface area contributed by atoms with Gasteiger partial charge in [-0.1, -0.05) is 32.6 Å². The summed E-state index contributed by atoms with van der Waals surface area (Å²) in [6, 6.07) is 0.496. The van der Waals surface area contributed by atoms with E-state index in [1.54, 1.807) is 0 Å². The molecule has 0 radical (unpaired) electrons. The van der Waals surface area contributed by atoms with Crippen LogP contribution in [-0.2, 0) is 4.74 Å². The molecule has 0 aromatic heterocycles. The summed E-state index contributed by atoms with van der Waals surface area (Å²) in [7, 11) is 0. The molecule has 1 fully saturated rings. The zero-order valence-electron chi connectivity index (χ0n) is 11.5. The van der Waals surface area contributed by atoms with Gasteiger partial charge in [-0.15, -0.1) is 0 Å². The molecule has 0 amide bonds. The second-order valence-corrected chi connectivity index (χ2v) is 5.35. The summed E-state index contributed by atoms with van der Waals surface area (Å²) in [6.07, 6.45) is 8.64. The van der Waals surface area contributed by atoms with Gasteiger partial charge in [0.05, 0.1) is 18.8 Å². The van der Waals surface area contributed by atoms with Gasteiger partial charge in [-0.3, -0.25) is 0 Å². The predicted molar refractivity (Wildman–Crippen MR) is 71.2 cm³/mol. The van der Waals surface area contributed by atoms with Crippen molar-refractivity contribution < 1.29 is 9.84 Å². The molecule has 1 saturated carbocycles. The van der Waals surface area contributed by atoms with Crippen LogP contribution in [0.4, 0.5) is 0 Å². The molecule has 2 atom stereocenters. The van der Waals surface area contributed by atoms with Crippen LogP contribution in [0.15, 0.2) is 0 Å². The Kier molecular flexibility index (Phi) is 7.82. The van der Waals surface area contributed by atoms with Crippen LogP contribution in [0.2, 0.25) is 0 Å². The number of unbranched alkanes of at least 4 members (excludes halogenated alkanes) is 1. The van der Waals surface area contributed by atoms with E-state index in [-0.39, 0.29) is 6.10 Å². The third-order valence-electron chi connectivity index (χ3n) is 3.52. The lowest BCUT2D eigenvalue weighted by molar-refractivity contribution is -0.00615. The van der Waals surface area contributed by atoms with Crippen molar-refractivity contribution in [2.24, 2.45) is 0 Å². The lowest BCUT2D eigenvalue weighted by Crippen LogP contribution is -2.36. The number of nitrogens with one attached hydrogen (secondary N) is 1. The molecule has 0 bridgehead atoms. The van der Waals surface area contributed by atoms with E-state index in [0.29, 0.717) is 25.3 Å². The van der Waals surface area contributed by atoms with E-state index < -0.39 is 0 Å². The SMILES string of the molecule is CCCCC(C)NCC(O)COC1CCCC1. The fraction of sp³-hybridized carbons (Fsp3) is 1.00. The number of ether oxygens (including phenoxy) is 1. The fourth-order valence-corrected chi connectivity index (χ4v) is 2.31. The highest BCUT2D eigenvalue weighted by Crippen LogP contribution is 2.20. The number of rotatable bonds is 9. The molecule has 102 valence electrons. The molecule has 3 nitrogen and oxygen atoms in total. The lowest BCUT2D eigenvalue weighted by Gasteiger charge is -2.18. The molecule has 0 heterocycles. The molecule has 2 unspecified atom stereocenters. The highest BCUT2D eigenvalue weighted by atomic mass is 16.5. The van der Waals surface area contributed by atoms with Gasteiger partial charge < -0.3 is 15.2 Å². The minimum Gasteiger partial charge on any atom is -0.389 e. The van der Waals surface area contributed by atoms with Crippen LogP contribution in [-0.4, -0.2) is 36.5 Å². The van der Waals surface area contributed by atoms with Crippen molar-refractivity contribution in [2.75, 3.05) is 13.2 Å². The molecule has 3 heteroatoms. The van der Waals surface area contributed by atoms with Gasteiger partial charge in [0.15, 0.2) is 0 Å². The summed E-state index contributed by atoms with van der Waals surface area (Å²) in [5, 5.41) is 13.2. The molecule has 0 aromatic rings. The van der Waals surface area contributed by atoms with Gasteiger partial charge in [0, 0.05) is 12.6 Å². The molecule has 0 spiro atoms. The van der Waals surface area contributed by atoms with Crippen LogP contribution < -0.4 is 5.32 Å². The summed E-state index contributed by atoms with van der Waals surface area (Å²) in [6.45, 7) is 5.52. The minimum atomic E-state index is -0.361. The highest BCUT2D eigenvalue weighted by Gasteiger charge is 2.17. The normalized spacial score (nSPS) is 20.6. The van der Waals surface area contributed by atoms with E-state index in [0.717, 1.165) is 0 Å². The van der Waals surface area contributed by atoms with Gasteiger partial charge >= 0.3 is 0 Å². The Hall–Kier alpha value is -0.120. The summed E-state index contributed by atoms with van der Waals surface area (Å²) in [5.74, 6) is 0. The zero-order chi connectivity index (χ0) is 12.5. The van der Waals surface area contributed by atoms with Crippen LogP contribution in [0.1, 0.15) is 58.8 Å². The summed E-state index contributed by atoms with van der Waals surface area (Å²) in [4.78, 5) is 0. The van der Waals surface area contributed by atoms with E-state index in [1.807, 2.05) is 0 Å². The van der Waals surface area contributed by atoms with E-state index >= 15 is 0 Å². The molecular weight excluding hydrogens is 214 g/mol. The zero-order valence-corrected chi connectivity index (χ0v) is 11.5. The van der Waals surface area contributed by atoms with Crippen molar-refractivity contribution in [3.05, 3.63) is 0 Å². The van der Waals surface area contributed by atoms with Crippen LogP contribution in [0, 0.1) is 0 Å². The first-order valence-corrected chi connectivity index (χ1v) is 7.25. The Morgan fingerprint density at radius 3 is 2.71 bits per heavy atom. The van der Waals surface area contributed by atoms with Gasteiger partial charge in [-0.05, 0) is 26.2 Å². The summed E-state index contributed by atoms with van der Waals surface area (Å²) in [5.41, 5.74) is 0. The number of aliphatic hydroxyl groups excluding tert-OH is 1. The Balaban J connectivity index is 1.97. The van der Waals surface area contributed by atoms with Gasteiger partial charge in [0.2, 0.25) is 0 Å². The van der Waals surface area contributed by atoms with E-state index in [4.69, 9.17) is 4.74 Å². The molecule has 1 aliphatic rings. The average Bonchev–Trinajstić information content (AvgIpc) is 2.84. The van der Waals surface area contributed by atoms with Crippen LogP contribution in [0.25, 0.3) is 0 Å². The second-order valence-electron chi connectivity index (χ2n) is 5.35. The Morgan fingerprint density at radius 1 is 1.35 bits per heavy atom. The van der Waals surface area contributed by atoms with Crippen LogP contribution in [0.3, 0.4) is 0 Å². The molecular formula is C14H29NO2. The average molecular weight is 243 g/mol. The van der Waals surface area contributed by atoms with Crippen molar-refractivity contribution >= 4 is 0 Å². The topological polar surface area (TPSA) is 41.5 Å². The fourth-order valence-electron chi connectivity index (χ4n) is 2.31. The third-order valence-corrected chi connectivity index (χ3v) is 3.52. The minimum absolute atomic E-state index is 0.361. The van der Waals surface area contributed by atoms with Crippen molar-refractivity contribution in [1.29, 1.82) is 0 Å². The Labute approximate surface area is 106 Å². The van der Waals surface area contributed by atoms with Crippen LogP contribution >= 0.6 is 0 Å². The Morgan fingerprint density at radius 2 is 2.06 bits per heavy atom. The molecule has 2 N–H and O–H groups in total. The Bertz CT molecular complexity index is 181. The molecule has 0 aliphatic heterocycles. The maximum atomic E-state index is 9.80. The van der Waals surface area contributed by atoms with Crippen molar-refractivity contribution in [2.45, 2.75) is 77.0 Å². The maximum absolute atomic E-state index is 9.80. The molecule has 1 rings (SSSR count). The van der Waals surface area contributed by atoms with Crippen molar-refractivity contribution in [1.82, 2.24) is 5.32 Å². The van der Waals surface area contributed by atoms with Gasteiger partial charge in [-0.25, -0.2) is 0 Å². The number of hydrogen-bond acceptors (Lipinski definition) is 3. The number of aliphatic hydroxyl groups is 1. The largest absolute Gasteiger partial charge is 0.389 e. The molecule has 0 saturated heterocycles. The third kappa shape index (κ3) is 7.02. The standard InChI is InChI=1S/C14H29NO2/c1-3-4-7-12(2)15-10-13(16)11-17-14-8-5-6-9-14/h12-16H,3-11H2,1-2H3. The summed E-state index contributed by atoms with van der Waals surface area (Å²) >= 11 is 0. The van der Waals surface area contributed by atoms with Crippen LogP contribution in [0.5, 0.6) is 0 Å². The molecule has 17 heavy (non-hydrogen) atoms.